The van der Waals surface area contributed by atoms with Crippen molar-refractivity contribution in [2.24, 2.45) is 10.9 Å². The molecule has 1 N–H and O–H groups in total. The number of carbonyl (C=O) groups excluding carboxylic acids is 1. The maximum atomic E-state index is 11.5. The molecule has 0 unspecified atom stereocenters. The van der Waals surface area contributed by atoms with Crippen molar-refractivity contribution in [3.63, 3.8) is 0 Å². The zero-order chi connectivity index (χ0) is 17.4. The van der Waals surface area contributed by atoms with Gasteiger partial charge in [0.2, 0.25) is 5.91 Å². The molecule has 0 aliphatic carbocycles. The van der Waals surface area contributed by atoms with Gasteiger partial charge in [0.15, 0.2) is 5.96 Å². The van der Waals surface area contributed by atoms with Crippen LogP contribution < -0.4 is 5.32 Å². The Bertz CT molecular complexity index is 416. The lowest BCUT2D eigenvalue weighted by Gasteiger charge is -2.36. The summed E-state index contributed by atoms with van der Waals surface area (Å²) in [5.74, 6) is 1.91. The van der Waals surface area contributed by atoms with E-state index in [1.54, 1.807) is 6.92 Å². The van der Waals surface area contributed by atoms with Crippen molar-refractivity contribution < 1.29 is 4.79 Å². The SMILES string of the molecule is CCCN1CCC(CN=C(NCC)N2CCN(C(C)=O)CC2)CC1.I. The van der Waals surface area contributed by atoms with Crippen molar-refractivity contribution in [3.8, 4) is 0 Å². The third kappa shape index (κ3) is 7.29. The third-order valence-corrected chi connectivity index (χ3v) is 5.11. The van der Waals surface area contributed by atoms with Gasteiger partial charge in [-0.3, -0.25) is 9.79 Å². The summed E-state index contributed by atoms with van der Waals surface area (Å²) < 4.78 is 0. The van der Waals surface area contributed by atoms with Crippen molar-refractivity contribution in [1.82, 2.24) is 20.0 Å². The first-order chi connectivity index (χ1) is 11.6. The van der Waals surface area contributed by atoms with Crippen molar-refractivity contribution in [2.75, 3.05) is 58.9 Å². The average molecular weight is 465 g/mol. The minimum atomic E-state index is 0. The first-order valence-corrected chi connectivity index (χ1v) is 9.65. The Hall–Kier alpha value is -0.570. The normalized spacial score (nSPS) is 20.4. The first kappa shape index (κ1) is 22.5. The standard InChI is InChI=1S/C18H35N5O.HI/c1-4-8-21-9-6-17(7-10-21)15-20-18(19-5-2)23-13-11-22(12-14-23)16(3)24;/h17H,4-15H2,1-3H3,(H,19,20);1H. The lowest BCUT2D eigenvalue weighted by molar-refractivity contribution is -0.130. The third-order valence-electron chi connectivity index (χ3n) is 5.11. The number of aliphatic imine (C=N–C) groups is 1. The second-order valence-electron chi connectivity index (χ2n) is 6.97. The highest BCUT2D eigenvalue weighted by Crippen LogP contribution is 2.17. The van der Waals surface area contributed by atoms with Crippen LogP contribution in [0.15, 0.2) is 4.99 Å². The highest BCUT2D eigenvalue weighted by molar-refractivity contribution is 14.0. The van der Waals surface area contributed by atoms with E-state index in [0.29, 0.717) is 5.92 Å². The smallest absolute Gasteiger partial charge is 0.219 e. The van der Waals surface area contributed by atoms with Crippen molar-refractivity contribution in [3.05, 3.63) is 0 Å². The molecule has 0 radical (unpaired) electrons. The fourth-order valence-electron chi connectivity index (χ4n) is 3.58. The van der Waals surface area contributed by atoms with Crippen LogP contribution in [0.1, 0.15) is 40.0 Å². The molecule has 2 rings (SSSR count). The number of nitrogens with zero attached hydrogens (tertiary/aromatic N) is 4. The zero-order valence-corrected chi connectivity index (χ0v) is 18.5. The number of hydrogen-bond donors (Lipinski definition) is 1. The number of halogens is 1. The van der Waals surface area contributed by atoms with Gasteiger partial charge in [-0.2, -0.15) is 0 Å². The van der Waals surface area contributed by atoms with E-state index >= 15 is 0 Å². The lowest BCUT2D eigenvalue weighted by atomic mass is 9.97. The zero-order valence-electron chi connectivity index (χ0n) is 16.2. The molecule has 2 aliphatic rings. The van der Waals surface area contributed by atoms with Crippen LogP contribution in [0.3, 0.4) is 0 Å². The van der Waals surface area contributed by atoms with Gasteiger partial charge in [0, 0.05) is 46.2 Å². The van der Waals surface area contributed by atoms with Gasteiger partial charge in [0.1, 0.15) is 0 Å². The summed E-state index contributed by atoms with van der Waals surface area (Å²) in [6.45, 7) is 14.9. The van der Waals surface area contributed by atoms with Crippen LogP contribution in [0.4, 0.5) is 0 Å². The molecule has 0 aromatic rings. The number of amides is 1. The summed E-state index contributed by atoms with van der Waals surface area (Å²) >= 11 is 0. The van der Waals surface area contributed by atoms with Gasteiger partial charge in [-0.25, -0.2) is 0 Å². The highest BCUT2D eigenvalue weighted by atomic mass is 127. The Kier molecular flexibility index (Phi) is 10.7. The van der Waals surface area contributed by atoms with Gasteiger partial charge >= 0.3 is 0 Å². The number of nitrogens with one attached hydrogen (secondary N) is 1. The quantitative estimate of drug-likeness (QED) is 0.383. The van der Waals surface area contributed by atoms with Gasteiger partial charge in [0.05, 0.1) is 0 Å². The monoisotopic (exact) mass is 465 g/mol. The molecule has 0 aromatic heterocycles. The Morgan fingerprint density at radius 2 is 1.64 bits per heavy atom. The summed E-state index contributed by atoms with van der Waals surface area (Å²) in [6, 6.07) is 0. The van der Waals surface area contributed by atoms with Crippen LogP contribution >= 0.6 is 24.0 Å². The molecule has 0 bridgehead atoms. The molecule has 0 spiro atoms. The van der Waals surface area contributed by atoms with Crippen molar-refractivity contribution in [2.45, 2.75) is 40.0 Å². The number of rotatable bonds is 5. The van der Waals surface area contributed by atoms with Crippen LogP contribution in [0.5, 0.6) is 0 Å². The molecule has 2 aliphatic heterocycles. The molecule has 0 aromatic carbocycles. The van der Waals surface area contributed by atoms with E-state index in [1.165, 1.54) is 38.9 Å². The van der Waals surface area contributed by atoms with Gasteiger partial charge < -0.3 is 20.0 Å². The van der Waals surface area contributed by atoms with E-state index in [4.69, 9.17) is 4.99 Å². The predicted molar refractivity (Wildman–Crippen MR) is 115 cm³/mol. The van der Waals surface area contributed by atoms with Crippen LogP contribution in [-0.4, -0.2) is 85.5 Å². The van der Waals surface area contributed by atoms with E-state index in [-0.39, 0.29) is 29.9 Å². The maximum Gasteiger partial charge on any atom is 0.219 e. The largest absolute Gasteiger partial charge is 0.357 e. The van der Waals surface area contributed by atoms with Crippen LogP contribution in [0, 0.1) is 5.92 Å². The van der Waals surface area contributed by atoms with Gasteiger partial charge in [-0.15, -0.1) is 24.0 Å². The maximum absolute atomic E-state index is 11.5. The minimum absolute atomic E-state index is 0. The molecular formula is C18H36IN5O. The molecule has 1 amide bonds. The van der Waals surface area contributed by atoms with Crippen LogP contribution in [0.2, 0.25) is 0 Å². The summed E-state index contributed by atoms with van der Waals surface area (Å²) in [5.41, 5.74) is 0. The molecule has 2 fully saturated rings. The molecule has 2 saturated heterocycles. The number of piperidine rings is 1. The van der Waals surface area contributed by atoms with Crippen molar-refractivity contribution in [1.29, 1.82) is 0 Å². The summed E-state index contributed by atoms with van der Waals surface area (Å²) in [4.78, 5) is 23.2. The van der Waals surface area contributed by atoms with E-state index in [0.717, 1.165) is 45.2 Å². The highest BCUT2D eigenvalue weighted by Gasteiger charge is 2.22. The van der Waals surface area contributed by atoms with E-state index in [9.17, 15) is 4.79 Å². The second kappa shape index (κ2) is 11.9. The molecule has 6 nitrogen and oxygen atoms in total. The number of piperazine rings is 1. The van der Waals surface area contributed by atoms with E-state index in [1.807, 2.05) is 4.90 Å². The Morgan fingerprint density at radius 3 is 2.16 bits per heavy atom. The number of guanidine groups is 1. The van der Waals surface area contributed by atoms with Crippen molar-refractivity contribution >= 4 is 35.8 Å². The fourth-order valence-corrected chi connectivity index (χ4v) is 3.58. The van der Waals surface area contributed by atoms with Crippen LogP contribution in [-0.2, 0) is 4.79 Å². The molecule has 146 valence electrons. The molecule has 2 heterocycles. The fraction of sp³-hybridized carbons (Fsp3) is 0.889. The molecule has 0 saturated carbocycles. The number of carbonyl (C=O) groups is 1. The average Bonchev–Trinajstić information content (AvgIpc) is 2.60. The number of likely N-dealkylation sites (tertiary alicyclic amines) is 1. The Morgan fingerprint density at radius 1 is 1.04 bits per heavy atom. The number of hydrogen-bond acceptors (Lipinski definition) is 3. The van der Waals surface area contributed by atoms with Gasteiger partial charge in [-0.1, -0.05) is 6.92 Å². The second-order valence-corrected chi connectivity index (χ2v) is 6.97. The molecule has 7 heteroatoms. The van der Waals surface area contributed by atoms with Gasteiger partial charge in [0.25, 0.3) is 0 Å². The summed E-state index contributed by atoms with van der Waals surface area (Å²) in [5, 5.41) is 3.43. The Labute approximate surface area is 170 Å². The minimum Gasteiger partial charge on any atom is -0.357 e. The first-order valence-electron chi connectivity index (χ1n) is 9.65. The molecule has 0 atom stereocenters. The van der Waals surface area contributed by atoms with E-state index in [2.05, 4.69) is 29.0 Å². The van der Waals surface area contributed by atoms with Gasteiger partial charge in [-0.05, 0) is 51.7 Å². The predicted octanol–water partition coefficient (Wildman–Crippen LogP) is 1.86. The van der Waals surface area contributed by atoms with E-state index < -0.39 is 0 Å². The van der Waals surface area contributed by atoms with Crippen LogP contribution in [0.25, 0.3) is 0 Å². The lowest BCUT2D eigenvalue weighted by Crippen LogP contribution is -2.53. The summed E-state index contributed by atoms with van der Waals surface area (Å²) in [6.07, 6.45) is 3.78. The Balaban J connectivity index is 0.00000312. The molecular weight excluding hydrogens is 429 g/mol. The topological polar surface area (TPSA) is 51.2 Å². The molecule has 25 heavy (non-hydrogen) atoms. The summed E-state index contributed by atoms with van der Waals surface area (Å²) in [7, 11) is 0.